The van der Waals surface area contributed by atoms with E-state index in [2.05, 4.69) is 5.32 Å². The van der Waals surface area contributed by atoms with Crippen LogP contribution in [-0.2, 0) is 9.59 Å². The van der Waals surface area contributed by atoms with Gasteiger partial charge < -0.3 is 20.1 Å². The third kappa shape index (κ3) is 4.06. The maximum Gasteiger partial charge on any atom is 0.227 e. The molecule has 0 aliphatic carbocycles. The molecule has 24 heavy (non-hydrogen) atoms. The smallest absolute Gasteiger partial charge is 0.227 e. The van der Waals surface area contributed by atoms with Gasteiger partial charge in [0.15, 0.2) is 0 Å². The Morgan fingerprint density at radius 3 is 2.62 bits per heavy atom. The first kappa shape index (κ1) is 18.3. The monoisotopic (exact) mass is 334 g/mol. The number of carbonyl (C=O) groups excluding carboxylic acids is 2. The first-order valence-electron chi connectivity index (χ1n) is 8.35. The highest BCUT2D eigenvalue weighted by atomic mass is 16.5. The van der Waals surface area contributed by atoms with Crippen LogP contribution in [0, 0.1) is 11.8 Å². The topological polar surface area (TPSA) is 78.9 Å². The number of aliphatic hydroxyl groups excluding tert-OH is 1. The van der Waals surface area contributed by atoms with Crippen LogP contribution in [0.3, 0.4) is 0 Å². The number of hydrogen-bond donors (Lipinski definition) is 2. The van der Waals surface area contributed by atoms with Gasteiger partial charge in [-0.15, -0.1) is 0 Å². The summed E-state index contributed by atoms with van der Waals surface area (Å²) in [6.45, 7) is 4.27. The molecule has 1 aliphatic heterocycles. The molecule has 2 rings (SSSR count). The zero-order valence-corrected chi connectivity index (χ0v) is 14.5. The Morgan fingerprint density at radius 2 is 2.08 bits per heavy atom. The number of hydrogen-bond acceptors (Lipinski definition) is 4. The number of nitrogens with zero attached hydrogens (tertiary/aromatic N) is 1. The van der Waals surface area contributed by atoms with Crippen LogP contribution in [0.4, 0.5) is 5.69 Å². The predicted molar refractivity (Wildman–Crippen MR) is 91.9 cm³/mol. The number of ether oxygens (including phenoxy) is 1. The van der Waals surface area contributed by atoms with Gasteiger partial charge in [0.05, 0.1) is 25.7 Å². The molecule has 3 atom stereocenters. The minimum atomic E-state index is -0.391. The lowest BCUT2D eigenvalue weighted by Crippen LogP contribution is -2.45. The normalized spacial score (nSPS) is 19.9. The van der Waals surface area contributed by atoms with Crippen molar-refractivity contribution in [2.24, 2.45) is 11.8 Å². The number of nitrogens with one attached hydrogen (secondary N) is 1. The molecule has 1 heterocycles. The second kappa shape index (κ2) is 8.15. The van der Waals surface area contributed by atoms with Gasteiger partial charge in [-0.3, -0.25) is 9.59 Å². The van der Waals surface area contributed by atoms with Gasteiger partial charge in [-0.1, -0.05) is 20.3 Å². The van der Waals surface area contributed by atoms with Gasteiger partial charge in [0.25, 0.3) is 0 Å². The minimum Gasteiger partial charge on any atom is -0.497 e. The molecule has 0 aromatic heterocycles. The van der Waals surface area contributed by atoms with Gasteiger partial charge in [0, 0.05) is 18.7 Å². The summed E-state index contributed by atoms with van der Waals surface area (Å²) in [4.78, 5) is 26.3. The standard InChI is InChI=1S/C18H26N2O4/c1-4-12(2)16(11-21)19-18(23)13-9-17(22)20(10-13)14-5-7-15(24-3)8-6-14/h5-8,12-13,16,21H,4,9-11H2,1-3H3,(H,19,23)/t12-,13-,16-/m0/s1. The van der Waals surface area contributed by atoms with E-state index in [0.29, 0.717) is 6.54 Å². The van der Waals surface area contributed by atoms with E-state index in [9.17, 15) is 14.7 Å². The van der Waals surface area contributed by atoms with Gasteiger partial charge in [0.2, 0.25) is 11.8 Å². The molecule has 2 N–H and O–H groups in total. The SMILES string of the molecule is CC[C@H](C)[C@H](CO)NC(=O)[C@H]1CC(=O)N(c2ccc(OC)cc2)C1. The van der Waals surface area contributed by atoms with Crippen LogP contribution >= 0.6 is 0 Å². The number of anilines is 1. The summed E-state index contributed by atoms with van der Waals surface area (Å²) in [5.41, 5.74) is 0.761. The van der Waals surface area contributed by atoms with Crippen LogP contribution in [-0.4, -0.2) is 43.2 Å². The van der Waals surface area contributed by atoms with Crippen LogP contribution in [0.1, 0.15) is 26.7 Å². The summed E-state index contributed by atoms with van der Waals surface area (Å²) < 4.78 is 5.12. The molecule has 0 saturated carbocycles. The Kier molecular flexibility index (Phi) is 6.20. The van der Waals surface area contributed by atoms with E-state index >= 15 is 0 Å². The average molecular weight is 334 g/mol. The molecular formula is C18H26N2O4. The zero-order valence-electron chi connectivity index (χ0n) is 14.5. The molecule has 1 saturated heterocycles. The molecule has 1 aromatic rings. The highest BCUT2D eigenvalue weighted by Crippen LogP contribution is 2.27. The van der Waals surface area contributed by atoms with Crippen molar-refractivity contribution in [2.45, 2.75) is 32.7 Å². The summed E-state index contributed by atoms with van der Waals surface area (Å²) in [5.74, 6) is 0.286. The molecular weight excluding hydrogens is 308 g/mol. The number of methoxy groups -OCH3 is 1. The van der Waals surface area contributed by atoms with Gasteiger partial charge >= 0.3 is 0 Å². The Hall–Kier alpha value is -2.08. The Bertz CT molecular complexity index is 573. The Labute approximate surface area is 142 Å². The summed E-state index contributed by atoms with van der Waals surface area (Å²) >= 11 is 0. The molecule has 6 heteroatoms. The van der Waals surface area contributed by atoms with Crippen LogP contribution in [0.2, 0.25) is 0 Å². The molecule has 0 bridgehead atoms. The van der Waals surface area contributed by atoms with E-state index in [1.165, 1.54) is 0 Å². The van der Waals surface area contributed by atoms with Crippen molar-refractivity contribution in [1.82, 2.24) is 5.32 Å². The second-order valence-corrected chi connectivity index (χ2v) is 6.29. The average Bonchev–Trinajstić information content (AvgIpc) is 3.00. The first-order chi connectivity index (χ1) is 11.5. The summed E-state index contributed by atoms with van der Waals surface area (Å²) in [6, 6.07) is 6.94. The van der Waals surface area contributed by atoms with Crippen molar-refractivity contribution in [3.05, 3.63) is 24.3 Å². The maximum absolute atomic E-state index is 12.4. The maximum atomic E-state index is 12.4. The fourth-order valence-electron chi connectivity index (χ4n) is 2.85. The van der Waals surface area contributed by atoms with Gasteiger partial charge in [0.1, 0.15) is 5.75 Å². The molecule has 0 spiro atoms. The summed E-state index contributed by atoms with van der Waals surface area (Å²) in [5, 5.41) is 12.3. The second-order valence-electron chi connectivity index (χ2n) is 6.29. The summed E-state index contributed by atoms with van der Waals surface area (Å²) in [6.07, 6.45) is 1.06. The van der Waals surface area contributed by atoms with E-state index in [1.54, 1.807) is 24.1 Å². The van der Waals surface area contributed by atoms with Crippen molar-refractivity contribution in [3.8, 4) is 5.75 Å². The van der Waals surface area contributed by atoms with Crippen LogP contribution in [0.25, 0.3) is 0 Å². The molecule has 132 valence electrons. The number of amides is 2. The Balaban J connectivity index is 2.01. The Morgan fingerprint density at radius 1 is 1.42 bits per heavy atom. The number of rotatable bonds is 7. The first-order valence-corrected chi connectivity index (χ1v) is 8.35. The number of benzene rings is 1. The molecule has 1 fully saturated rings. The number of carbonyl (C=O) groups is 2. The third-order valence-corrected chi connectivity index (χ3v) is 4.74. The van der Waals surface area contributed by atoms with Crippen molar-refractivity contribution >= 4 is 17.5 Å². The molecule has 6 nitrogen and oxygen atoms in total. The van der Waals surface area contributed by atoms with Crippen molar-refractivity contribution in [3.63, 3.8) is 0 Å². The zero-order chi connectivity index (χ0) is 17.7. The molecule has 0 radical (unpaired) electrons. The quantitative estimate of drug-likeness (QED) is 0.793. The van der Waals surface area contributed by atoms with Crippen LogP contribution in [0.5, 0.6) is 5.75 Å². The fraction of sp³-hybridized carbons (Fsp3) is 0.556. The lowest BCUT2D eigenvalue weighted by Gasteiger charge is -2.24. The van der Waals surface area contributed by atoms with Crippen molar-refractivity contribution in [2.75, 3.05) is 25.2 Å². The highest BCUT2D eigenvalue weighted by molar-refractivity contribution is 6.00. The lowest BCUT2D eigenvalue weighted by molar-refractivity contribution is -0.127. The van der Waals surface area contributed by atoms with Crippen molar-refractivity contribution < 1.29 is 19.4 Å². The predicted octanol–water partition coefficient (Wildman–Crippen LogP) is 1.57. The lowest BCUT2D eigenvalue weighted by atomic mass is 9.98. The fourth-order valence-corrected chi connectivity index (χ4v) is 2.85. The molecule has 1 aromatic carbocycles. The van der Waals surface area contributed by atoms with E-state index in [0.717, 1.165) is 17.9 Å². The van der Waals surface area contributed by atoms with Crippen LogP contribution < -0.4 is 15.0 Å². The summed E-state index contributed by atoms with van der Waals surface area (Å²) in [7, 11) is 1.59. The number of aliphatic hydroxyl groups is 1. The van der Waals surface area contributed by atoms with Gasteiger partial charge in [-0.2, -0.15) is 0 Å². The van der Waals surface area contributed by atoms with E-state index in [-0.39, 0.29) is 36.8 Å². The van der Waals surface area contributed by atoms with Crippen LogP contribution in [0.15, 0.2) is 24.3 Å². The minimum absolute atomic E-state index is 0.0654. The van der Waals surface area contributed by atoms with E-state index in [4.69, 9.17) is 4.74 Å². The van der Waals surface area contributed by atoms with E-state index < -0.39 is 5.92 Å². The highest BCUT2D eigenvalue weighted by Gasteiger charge is 2.36. The van der Waals surface area contributed by atoms with Gasteiger partial charge in [-0.25, -0.2) is 0 Å². The van der Waals surface area contributed by atoms with Gasteiger partial charge in [-0.05, 0) is 30.2 Å². The third-order valence-electron chi connectivity index (χ3n) is 4.74. The molecule has 2 amide bonds. The van der Waals surface area contributed by atoms with Crippen molar-refractivity contribution in [1.29, 1.82) is 0 Å². The molecule has 1 aliphatic rings. The largest absolute Gasteiger partial charge is 0.497 e. The van der Waals surface area contributed by atoms with E-state index in [1.807, 2.05) is 26.0 Å². The molecule has 0 unspecified atom stereocenters.